The summed E-state index contributed by atoms with van der Waals surface area (Å²) in [7, 11) is 1.82. The number of hydrogen-bond acceptors (Lipinski definition) is 3. The predicted octanol–water partition coefficient (Wildman–Crippen LogP) is 1.82. The van der Waals surface area contributed by atoms with Gasteiger partial charge >= 0.3 is 0 Å². The molecule has 0 bridgehead atoms. The van der Waals surface area contributed by atoms with E-state index in [2.05, 4.69) is 19.3 Å². The number of nitrogens with two attached hydrogens (primary N) is 1. The summed E-state index contributed by atoms with van der Waals surface area (Å²) in [6, 6.07) is 0.271. The highest BCUT2D eigenvalue weighted by atomic mass is 16.5. The largest absolute Gasteiger partial charge is 0.377 e. The van der Waals surface area contributed by atoms with Crippen molar-refractivity contribution in [2.75, 3.05) is 7.11 Å². The number of methoxy groups -OCH3 is 1. The molecule has 1 fully saturated rings. The number of ether oxygens (including phenoxy) is 1. The van der Waals surface area contributed by atoms with Crippen molar-refractivity contribution in [2.45, 2.75) is 57.6 Å². The van der Waals surface area contributed by atoms with E-state index in [9.17, 15) is 0 Å². The molecule has 0 aliphatic heterocycles. The molecule has 1 saturated carbocycles. The predicted molar refractivity (Wildman–Crippen MR) is 58.8 cm³/mol. The SMILES string of the molecule is COC1(C(NN)C(C)C)CCCCC1. The third-order valence-electron chi connectivity index (χ3n) is 3.52. The average Bonchev–Trinajstić information content (AvgIpc) is 2.19. The van der Waals surface area contributed by atoms with Crippen LogP contribution >= 0.6 is 0 Å². The Balaban J connectivity index is 2.74. The zero-order valence-corrected chi connectivity index (χ0v) is 9.68. The van der Waals surface area contributed by atoms with Gasteiger partial charge in [0, 0.05) is 7.11 Å². The summed E-state index contributed by atoms with van der Waals surface area (Å²) in [5, 5.41) is 0. The lowest BCUT2D eigenvalue weighted by molar-refractivity contribution is -0.0782. The van der Waals surface area contributed by atoms with Gasteiger partial charge in [-0.05, 0) is 18.8 Å². The molecule has 3 nitrogen and oxygen atoms in total. The Bertz CT molecular complexity index is 165. The summed E-state index contributed by atoms with van der Waals surface area (Å²) < 4.78 is 5.75. The summed E-state index contributed by atoms with van der Waals surface area (Å²) in [6.07, 6.45) is 6.13. The molecule has 1 rings (SSSR count). The number of hydrogen-bond donors (Lipinski definition) is 2. The topological polar surface area (TPSA) is 47.3 Å². The van der Waals surface area contributed by atoms with Crippen molar-refractivity contribution in [3.63, 3.8) is 0 Å². The first-order valence-electron chi connectivity index (χ1n) is 5.67. The second-order valence-electron chi connectivity index (χ2n) is 4.72. The molecular formula is C11H24N2O. The Kier molecular flexibility index (Phi) is 4.35. The first kappa shape index (κ1) is 12.0. The molecule has 0 aromatic rings. The summed E-state index contributed by atoms with van der Waals surface area (Å²) in [4.78, 5) is 0. The van der Waals surface area contributed by atoms with Gasteiger partial charge in [-0.3, -0.25) is 11.3 Å². The summed E-state index contributed by atoms with van der Waals surface area (Å²) in [5.41, 5.74) is 2.91. The minimum absolute atomic E-state index is 0.0266. The molecule has 0 saturated heterocycles. The number of nitrogens with one attached hydrogen (secondary N) is 1. The van der Waals surface area contributed by atoms with Gasteiger partial charge in [0.25, 0.3) is 0 Å². The molecule has 1 aliphatic rings. The van der Waals surface area contributed by atoms with Crippen LogP contribution < -0.4 is 11.3 Å². The summed E-state index contributed by atoms with van der Waals surface area (Å²) >= 11 is 0. The quantitative estimate of drug-likeness (QED) is 0.537. The van der Waals surface area contributed by atoms with E-state index < -0.39 is 0 Å². The Hall–Kier alpha value is -0.120. The molecular weight excluding hydrogens is 176 g/mol. The number of rotatable bonds is 4. The highest BCUT2D eigenvalue weighted by Crippen LogP contribution is 2.36. The first-order chi connectivity index (χ1) is 6.66. The third kappa shape index (κ3) is 2.27. The third-order valence-corrected chi connectivity index (χ3v) is 3.52. The highest BCUT2D eigenvalue weighted by molar-refractivity contribution is 4.95. The van der Waals surface area contributed by atoms with E-state index in [0.29, 0.717) is 5.92 Å². The lowest BCUT2D eigenvalue weighted by Gasteiger charge is -2.44. The molecule has 1 unspecified atom stereocenters. The molecule has 0 amide bonds. The van der Waals surface area contributed by atoms with Crippen LogP contribution in [0, 0.1) is 5.92 Å². The molecule has 84 valence electrons. The highest BCUT2D eigenvalue weighted by Gasteiger charge is 2.40. The fraction of sp³-hybridized carbons (Fsp3) is 1.00. The maximum Gasteiger partial charge on any atom is 0.0846 e. The van der Waals surface area contributed by atoms with E-state index >= 15 is 0 Å². The second-order valence-corrected chi connectivity index (χ2v) is 4.72. The van der Waals surface area contributed by atoms with Crippen LogP contribution in [-0.2, 0) is 4.74 Å². The van der Waals surface area contributed by atoms with Crippen molar-refractivity contribution >= 4 is 0 Å². The molecule has 1 atom stereocenters. The van der Waals surface area contributed by atoms with Gasteiger partial charge in [0.15, 0.2) is 0 Å². The average molecular weight is 200 g/mol. The van der Waals surface area contributed by atoms with E-state index in [1.54, 1.807) is 0 Å². The summed E-state index contributed by atoms with van der Waals surface area (Å²) in [6.45, 7) is 4.39. The summed E-state index contributed by atoms with van der Waals surface area (Å²) in [5.74, 6) is 6.15. The van der Waals surface area contributed by atoms with Crippen LogP contribution in [0.3, 0.4) is 0 Å². The Morgan fingerprint density at radius 2 is 1.79 bits per heavy atom. The molecule has 14 heavy (non-hydrogen) atoms. The minimum atomic E-state index is -0.0266. The van der Waals surface area contributed by atoms with E-state index in [4.69, 9.17) is 10.6 Å². The Morgan fingerprint density at radius 3 is 2.14 bits per heavy atom. The van der Waals surface area contributed by atoms with Crippen molar-refractivity contribution < 1.29 is 4.74 Å². The van der Waals surface area contributed by atoms with Crippen LogP contribution in [0.2, 0.25) is 0 Å². The van der Waals surface area contributed by atoms with Crippen LogP contribution in [0.4, 0.5) is 0 Å². The second kappa shape index (κ2) is 5.10. The molecule has 0 heterocycles. The van der Waals surface area contributed by atoms with Crippen LogP contribution in [-0.4, -0.2) is 18.8 Å². The zero-order valence-electron chi connectivity index (χ0n) is 9.68. The van der Waals surface area contributed by atoms with Gasteiger partial charge < -0.3 is 4.74 Å². The standard InChI is InChI=1S/C11H24N2O/c1-9(2)10(13-12)11(14-3)7-5-4-6-8-11/h9-10,13H,4-8,12H2,1-3H3. The lowest BCUT2D eigenvalue weighted by Crippen LogP contribution is -2.57. The Morgan fingerprint density at radius 1 is 1.21 bits per heavy atom. The van der Waals surface area contributed by atoms with Crippen molar-refractivity contribution in [1.82, 2.24) is 5.43 Å². The molecule has 3 N–H and O–H groups in total. The number of hydrazine groups is 1. The monoisotopic (exact) mass is 200 g/mol. The molecule has 0 spiro atoms. The van der Waals surface area contributed by atoms with Gasteiger partial charge in [0.2, 0.25) is 0 Å². The molecule has 0 radical (unpaired) electrons. The fourth-order valence-corrected chi connectivity index (χ4v) is 2.74. The van der Waals surface area contributed by atoms with Crippen molar-refractivity contribution in [3.05, 3.63) is 0 Å². The van der Waals surface area contributed by atoms with E-state index in [-0.39, 0.29) is 11.6 Å². The van der Waals surface area contributed by atoms with Crippen molar-refractivity contribution in [2.24, 2.45) is 11.8 Å². The van der Waals surface area contributed by atoms with Crippen LogP contribution in [0.15, 0.2) is 0 Å². The molecule has 3 heteroatoms. The lowest BCUT2D eigenvalue weighted by atomic mass is 9.75. The van der Waals surface area contributed by atoms with E-state index in [1.165, 1.54) is 19.3 Å². The maximum absolute atomic E-state index is 5.75. The smallest absolute Gasteiger partial charge is 0.0846 e. The Labute approximate surface area is 87.4 Å². The van der Waals surface area contributed by atoms with Gasteiger partial charge in [-0.1, -0.05) is 33.1 Å². The van der Waals surface area contributed by atoms with Gasteiger partial charge in [-0.2, -0.15) is 0 Å². The molecule has 1 aliphatic carbocycles. The fourth-order valence-electron chi connectivity index (χ4n) is 2.74. The first-order valence-corrected chi connectivity index (χ1v) is 5.67. The van der Waals surface area contributed by atoms with Gasteiger partial charge in [-0.15, -0.1) is 0 Å². The normalized spacial score (nSPS) is 23.8. The van der Waals surface area contributed by atoms with Gasteiger partial charge in [-0.25, -0.2) is 0 Å². The van der Waals surface area contributed by atoms with Crippen LogP contribution in [0.25, 0.3) is 0 Å². The molecule has 0 aromatic heterocycles. The van der Waals surface area contributed by atoms with E-state index in [1.807, 2.05) is 7.11 Å². The maximum atomic E-state index is 5.75. The van der Waals surface area contributed by atoms with Crippen LogP contribution in [0.1, 0.15) is 46.0 Å². The zero-order chi connectivity index (χ0) is 10.6. The van der Waals surface area contributed by atoms with Crippen LogP contribution in [0.5, 0.6) is 0 Å². The van der Waals surface area contributed by atoms with Gasteiger partial charge in [0.1, 0.15) is 0 Å². The molecule has 0 aromatic carbocycles. The van der Waals surface area contributed by atoms with E-state index in [0.717, 1.165) is 12.8 Å². The van der Waals surface area contributed by atoms with Crippen molar-refractivity contribution in [3.8, 4) is 0 Å². The minimum Gasteiger partial charge on any atom is -0.377 e. The van der Waals surface area contributed by atoms with Crippen molar-refractivity contribution in [1.29, 1.82) is 0 Å². The van der Waals surface area contributed by atoms with Gasteiger partial charge in [0.05, 0.1) is 11.6 Å².